The molecule has 0 saturated carbocycles. The second-order valence-corrected chi connectivity index (χ2v) is 8.30. The van der Waals surface area contributed by atoms with Crippen molar-refractivity contribution in [3.8, 4) is 5.75 Å². The largest absolute Gasteiger partial charge is 0.497 e. The SMILES string of the molecule is COc1ccc(CNC(=O)c2cc3c(=O)n4ccccc4nc3[n+](C[C@@H]3CCCO3)c2N)cc1. The molecule has 0 radical (unpaired) electrons. The van der Waals surface area contributed by atoms with Gasteiger partial charge in [-0.15, -0.1) is 0 Å². The second-order valence-electron chi connectivity index (χ2n) is 8.30. The van der Waals surface area contributed by atoms with Crippen molar-refractivity contribution in [1.29, 1.82) is 0 Å². The van der Waals surface area contributed by atoms with E-state index in [1.165, 1.54) is 10.5 Å². The molecule has 1 atom stereocenters. The first-order chi connectivity index (χ1) is 16.5. The monoisotopic (exact) mass is 460 g/mol. The molecule has 1 aromatic carbocycles. The van der Waals surface area contributed by atoms with Crippen LogP contribution in [0.1, 0.15) is 28.8 Å². The molecule has 5 rings (SSSR count). The van der Waals surface area contributed by atoms with Crippen LogP contribution >= 0.6 is 0 Å². The molecule has 0 unspecified atom stereocenters. The molecule has 3 N–H and O–H groups in total. The minimum Gasteiger partial charge on any atom is -0.497 e. The van der Waals surface area contributed by atoms with E-state index in [0.717, 1.165) is 24.2 Å². The van der Waals surface area contributed by atoms with Crippen molar-refractivity contribution in [2.75, 3.05) is 19.5 Å². The Bertz CT molecular complexity index is 1430. The molecule has 1 aliphatic rings. The Morgan fingerprint density at radius 3 is 2.85 bits per heavy atom. The zero-order chi connectivity index (χ0) is 23.7. The van der Waals surface area contributed by atoms with Crippen LogP contribution in [0.25, 0.3) is 16.7 Å². The fraction of sp³-hybridized carbons (Fsp3) is 0.280. The summed E-state index contributed by atoms with van der Waals surface area (Å²) in [6.45, 7) is 1.41. The van der Waals surface area contributed by atoms with Crippen LogP contribution in [0.4, 0.5) is 5.82 Å². The number of rotatable bonds is 6. The van der Waals surface area contributed by atoms with Crippen molar-refractivity contribution in [3.63, 3.8) is 0 Å². The summed E-state index contributed by atoms with van der Waals surface area (Å²) in [6, 6.07) is 14.3. The summed E-state index contributed by atoms with van der Waals surface area (Å²) in [6.07, 6.45) is 3.46. The molecule has 4 heterocycles. The molecule has 0 aliphatic carbocycles. The number of carbonyl (C=O) groups excluding carboxylic acids is 1. The molecule has 1 saturated heterocycles. The quantitative estimate of drug-likeness (QED) is 0.335. The van der Waals surface area contributed by atoms with E-state index >= 15 is 0 Å². The highest BCUT2D eigenvalue weighted by Crippen LogP contribution is 2.18. The number of nitrogens with one attached hydrogen (secondary N) is 1. The van der Waals surface area contributed by atoms with E-state index in [-0.39, 0.29) is 29.0 Å². The standard InChI is InChI=1S/C25H25N5O4/c1-33-17-9-7-16(8-10-17)14-27-24(31)19-13-20-23(28-21-6-2-3-11-29(21)25(20)32)30(22(19)26)15-18-5-4-12-34-18/h2-3,6-11,13,18,26H,4-5,12,14-15H2,1H3,(H,27,31)/p+1/t18-/m0/s1. The number of methoxy groups -OCH3 is 1. The topological polar surface area (TPSA) is 112 Å². The smallest absolute Gasteiger partial charge is 0.278 e. The third-order valence-electron chi connectivity index (χ3n) is 6.13. The molecule has 9 heteroatoms. The molecule has 1 amide bonds. The van der Waals surface area contributed by atoms with Gasteiger partial charge in [0, 0.05) is 19.3 Å². The van der Waals surface area contributed by atoms with Crippen LogP contribution in [0.5, 0.6) is 5.75 Å². The molecule has 0 bridgehead atoms. The van der Waals surface area contributed by atoms with Crippen LogP contribution in [-0.2, 0) is 17.8 Å². The van der Waals surface area contributed by atoms with Gasteiger partial charge in [-0.25, -0.2) is 4.57 Å². The van der Waals surface area contributed by atoms with Gasteiger partial charge in [-0.3, -0.25) is 14.0 Å². The predicted octanol–water partition coefficient (Wildman–Crippen LogP) is 1.83. The number of nitrogens with two attached hydrogens (primary N) is 1. The van der Waals surface area contributed by atoms with E-state index in [9.17, 15) is 9.59 Å². The number of ether oxygens (including phenoxy) is 2. The number of pyridine rings is 2. The Morgan fingerprint density at radius 2 is 2.12 bits per heavy atom. The van der Waals surface area contributed by atoms with Gasteiger partial charge in [0.1, 0.15) is 16.7 Å². The van der Waals surface area contributed by atoms with Crippen molar-refractivity contribution in [1.82, 2.24) is 14.7 Å². The maximum atomic E-state index is 13.3. The van der Waals surface area contributed by atoms with Crippen LogP contribution in [0.15, 0.2) is 59.5 Å². The Balaban J connectivity index is 1.56. The molecule has 9 nitrogen and oxygen atoms in total. The van der Waals surface area contributed by atoms with E-state index in [0.29, 0.717) is 36.4 Å². The summed E-state index contributed by atoms with van der Waals surface area (Å²) in [7, 11) is 1.60. The third kappa shape index (κ3) is 4.06. The van der Waals surface area contributed by atoms with Gasteiger partial charge in [-0.1, -0.05) is 23.2 Å². The minimum atomic E-state index is -0.367. The van der Waals surface area contributed by atoms with Gasteiger partial charge in [0.2, 0.25) is 11.5 Å². The van der Waals surface area contributed by atoms with Crippen molar-refractivity contribution in [2.45, 2.75) is 32.0 Å². The van der Waals surface area contributed by atoms with Crippen LogP contribution < -0.4 is 25.9 Å². The lowest BCUT2D eigenvalue weighted by Gasteiger charge is -2.15. The fourth-order valence-corrected chi connectivity index (χ4v) is 4.28. The molecule has 4 aromatic rings. The van der Waals surface area contributed by atoms with Gasteiger partial charge in [0.05, 0.1) is 19.8 Å². The van der Waals surface area contributed by atoms with Crippen LogP contribution in [0, 0.1) is 0 Å². The van der Waals surface area contributed by atoms with Gasteiger partial charge < -0.3 is 20.5 Å². The first kappa shape index (κ1) is 21.8. The molecule has 174 valence electrons. The minimum absolute atomic E-state index is 0.0517. The molecule has 1 fully saturated rings. The van der Waals surface area contributed by atoms with E-state index in [1.54, 1.807) is 30.0 Å². The summed E-state index contributed by atoms with van der Waals surface area (Å²) in [5, 5.41) is 3.23. The van der Waals surface area contributed by atoms with Gasteiger partial charge in [-0.05, 0) is 48.7 Å². The van der Waals surface area contributed by atoms with Crippen LogP contribution in [0.3, 0.4) is 0 Å². The Hall–Kier alpha value is -3.98. The zero-order valence-electron chi connectivity index (χ0n) is 18.9. The van der Waals surface area contributed by atoms with Crippen LogP contribution in [-0.4, -0.2) is 35.1 Å². The highest BCUT2D eigenvalue weighted by Gasteiger charge is 2.27. The summed E-state index contributed by atoms with van der Waals surface area (Å²) in [5.41, 5.74) is 8.35. The molecule has 1 aliphatic heterocycles. The van der Waals surface area contributed by atoms with E-state index < -0.39 is 0 Å². The number of aromatic nitrogens is 3. The number of nitrogen functional groups attached to an aromatic ring is 1. The Morgan fingerprint density at radius 1 is 1.29 bits per heavy atom. The lowest BCUT2D eigenvalue weighted by molar-refractivity contribution is -0.666. The van der Waals surface area contributed by atoms with Gasteiger partial charge in [0.15, 0.2) is 0 Å². The van der Waals surface area contributed by atoms with Gasteiger partial charge in [-0.2, -0.15) is 0 Å². The van der Waals surface area contributed by atoms with Crippen molar-refractivity contribution in [3.05, 3.63) is 76.2 Å². The Kier molecular flexibility index (Phi) is 5.85. The van der Waals surface area contributed by atoms with Crippen molar-refractivity contribution < 1.29 is 18.8 Å². The predicted molar refractivity (Wildman–Crippen MR) is 127 cm³/mol. The molecule has 3 aromatic heterocycles. The first-order valence-electron chi connectivity index (χ1n) is 11.2. The van der Waals surface area contributed by atoms with E-state index in [2.05, 4.69) is 5.32 Å². The van der Waals surface area contributed by atoms with Crippen LogP contribution in [0.2, 0.25) is 0 Å². The second kappa shape index (κ2) is 9.11. The van der Waals surface area contributed by atoms with E-state index in [1.807, 2.05) is 30.3 Å². The fourth-order valence-electron chi connectivity index (χ4n) is 4.28. The van der Waals surface area contributed by atoms with E-state index in [4.69, 9.17) is 20.2 Å². The molecular formula is C25H26N5O4+. The average Bonchev–Trinajstić information content (AvgIpc) is 3.38. The van der Waals surface area contributed by atoms with Crippen molar-refractivity contribution >= 4 is 28.4 Å². The Labute approximate surface area is 195 Å². The summed E-state index contributed by atoms with van der Waals surface area (Å²) >= 11 is 0. The number of carbonyl (C=O) groups is 1. The molecule has 34 heavy (non-hydrogen) atoms. The molecule has 0 spiro atoms. The van der Waals surface area contributed by atoms with Crippen molar-refractivity contribution in [2.24, 2.45) is 0 Å². The number of nitrogens with zero attached hydrogens (tertiary/aromatic N) is 3. The number of fused-ring (bicyclic) bond motifs is 2. The highest BCUT2D eigenvalue weighted by atomic mass is 16.5. The number of hydrogen-bond acceptors (Lipinski definition) is 6. The lowest BCUT2D eigenvalue weighted by Crippen LogP contribution is -2.46. The third-order valence-corrected chi connectivity index (χ3v) is 6.13. The first-order valence-corrected chi connectivity index (χ1v) is 11.2. The zero-order valence-corrected chi connectivity index (χ0v) is 18.9. The summed E-state index contributed by atoms with van der Waals surface area (Å²) in [5.74, 6) is 0.625. The molecular weight excluding hydrogens is 434 g/mol. The highest BCUT2D eigenvalue weighted by molar-refractivity contribution is 6.00. The average molecular weight is 461 g/mol. The normalized spacial score (nSPS) is 15.6. The number of benzene rings is 1. The number of amides is 1. The number of anilines is 1. The maximum Gasteiger partial charge on any atom is 0.278 e. The summed E-state index contributed by atoms with van der Waals surface area (Å²) in [4.78, 5) is 31.2. The maximum absolute atomic E-state index is 13.3. The lowest BCUT2D eigenvalue weighted by atomic mass is 10.1. The van der Waals surface area contributed by atoms with Gasteiger partial charge >= 0.3 is 0 Å². The summed E-state index contributed by atoms with van der Waals surface area (Å²) < 4.78 is 14.2. The van der Waals surface area contributed by atoms with Gasteiger partial charge in [0.25, 0.3) is 17.1 Å². The number of hydrogen-bond donors (Lipinski definition) is 2.